The summed E-state index contributed by atoms with van der Waals surface area (Å²) in [5, 5.41) is 4.43. The maximum atomic E-state index is 12.4. The summed E-state index contributed by atoms with van der Waals surface area (Å²) in [5.74, 6) is -0.0271. The molecule has 3 N–H and O–H groups in total. The second-order valence-corrected chi connectivity index (χ2v) is 9.21. The third kappa shape index (κ3) is 4.54. The zero-order valence-corrected chi connectivity index (χ0v) is 18.1. The summed E-state index contributed by atoms with van der Waals surface area (Å²) >= 11 is 2.90. The van der Waals surface area contributed by atoms with Crippen molar-refractivity contribution < 1.29 is 9.59 Å². The zero-order chi connectivity index (χ0) is 21.1. The molecule has 10 heteroatoms. The Morgan fingerprint density at radius 2 is 2.17 bits per heavy atom. The Kier molecular flexibility index (Phi) is 6.14. The summed E-state index contributed by atoms with van der Waals surface area (Å²) in [6.45, 7) is 4.26. The third-order valence-electron chi connectivity index (χ3n) is 4.88. The van der Waals surface area contributed by atoms with Gasteiger partial charge in [-0.05, 0) is 30.9 Å². The number of carbonyl (C=O) groups excluding carboxylic acids is 2. The largest absolute Gasteiger partial charge is 0.366 e. The highest BCUT2D eigenvalue weighted by atomic mass is 32.2. The van der Waals surface area contributed by atoms with Crippen molar-refractivity contribution in [2.24, 2.45) is 11.7 Å². The minimum absolute atomic E-state index is 0.146. The van der Waals surface area contributed by atoms with Gasteiger partial charge in [0.15, 0.2) is 10.8 Å². The van der Waals surface area contributed by atoms with E-state index in [4.69, 9.17) is 5.73 Å². The monoisotopic (exact) mass is 442 g/mol. The minimum Gasteiger partial charge on any atom is -0.366 e. The number of hydrogen-bond donors (Lipinski definition) is 2. The summed E-state index contributed by atoms with van der Waals surface area (Å²) in [5.41, 5.74) is 6.71. The lowest BCUT2D eigenvalue weighted by Gasteiger charge is -2.30. The van der Waals surface area contributed by atoms with Crippen LogP contribution in [-0.2, 0) is 4.79 Å². The van der Waals surface area contributed by atoms with Crippen LogP contribution in [0.2, 0.25) is 0 Å². The van der Waals surface area contributed by atoms with Crippen molar-refractivity contribution >= 4 is 56.1 Å². The molecule has 1 atom stereocenters. The molecule has 8 nitrogen and oxygen atoms in total. The summed E-state index contributed by atoms with van der Waals surface area (Å²) < 4.78 is 0.890. The summed E-state index contributed by atoms with van der Waals surface area (Å²) in [4.78, 5) is 39.6. The van der Waals surface area contributed by atoms with E-state index in [0.717, 1.165) is 34.4 Å². The van der Waals surface area contributed by atoms with Gasteiger partial charge < -0.3 is 16.0 Å². The van der Waals surface area contributed by atoms with Gasteiger partial charge in [-0.25, -0.2) is 9.97 Å². The Bertz CT molecular complexity index is 1090. The first-order chi connectivity index (χ1) is 14.5. The number of thiazole rings is 1. The Morgan fingerprint density at radius 1 is 1.33 bits per heavy atom. The molecular weight excluding hydrogens is 420 g/mol. The van der Waals surface area contributed by atoms with Gasteiger partial charge in [-0.1, -0.05) is 42.2 Å². The number of carbonyl (C=O) groups is 2. The molecule has 2 aromatic heterocycles. The molecule has 0 spiro atoms. The highest BCUT2D eigenvalue weighted by molar-refractivity contribution is 8.00. The number of fused-ring (bicyclic) bond motifs is 1. The molecule has 0 radical (unpaired) electrons. The van der Waals surface area contributed by atoms with E-state index in [2.05, 4.69) is 32.1 Å². The van der Waals surface area contributed by atoms with Crippen LogP contribution in [0, 0.1) is 5.92 Å². The molecule has 3 heterocycles. The van der Waals surface area contributed by atoms with Crippen LogP contribution in [0.15, 0.2) is 35.6 Å². The van der Waals surface area contributed by atoms with Gasteiger partial charge in [0.25, 0.3) is 5.91 Å². The Morgan fingerprint density at radius 3 is 2.97 bits per heavy atom. The quantitative estimate of drug-likeness (QED) is 0.445. The molecule has 1 fully saturated rings. The smallest absolute Gasteiger partial charge is 0.250 e. The molecule has 1 aliphatic heterocycles. The predicted octanol–water partition coefficient (Wildman–Crippen LogP) is 3.15. The third-order valence-corrected chi connectivity index (χ3v) is 7.11. The van der Waals surface area contributed by atoms with Gasteiger partial charge >= 0.3 is 0 Å². The molecule has 1 unspecified atom stereocenters. The van der Waals surface area contributed by atoms with Crippen LogP contribution in [0.25, 0.3) is 10.3 Å². The number of amides is 2. The second kappa shape index (κ2) is 8.97. The number of nitrogens with two attached hydrogens (primary N) is 1. The number of nitrogens with one attached hydrogen (secondary N) is 1. The van der Waals surface area contributed by atoms with Crippen LogP contribution in [0.5, 0.6) is 0 Å². The molecule has 4 rings (SSSR count). The number of thioether (sulfide) groups is 1. The first-order valence-electron chi connectivity index (χ1n) is 9.69. The highest BCUT2D eigenvalue weighted by Crippen LogP contribution is 2.35. The second-order valence-electron chi connectivity index (χ2n) is 7.27. The minimum atomic E-state index is -0.583. The van der Waals surface area contributed by atoms with Gasteiger partial charge in [0.1, 0.15) is 16.1 Å². The first-order valence-corrected chi connectivity index (χ1v) is 11.5. The number of primary amides is 1. The fourth-order valence-electron chi connectivity index (χ4n) is 3.45. The predicted molar refractivity (Wildman–Crippen MR) is 120 cm³/mol. The van der Waals surface area contributed by atoms with E-state index in [0.29, 0.717) is 17.3 Å². The fraction of sp³-hybridized carbons (Fsp3) is 0.350. The summed E-state index contributed by atoms with van der Waals surface area (Å²) in [6.07, 6.45) is 3.89. The van der Waals surface area contributed by atoms with Gasteiger partial charge in [-0.3, -0.25) is 9.59 Å². The average Bonchev–Trinajstić information content (AvgIpc) is 3.17. The Hall–Kier alpha value is -2.72. The van der Waals surface area contributed by atoms with Crippen molar-refractivity contribution in [3.05, 3.63) is 36.2 Å². The zero-order valence-electron chi connectivity index (χ0n) is 16.5. The van der Waals surface area contributed by atoms with Crippen LogP contribution >= 0.6 is 23.1 Å². The van der Waals surface area contributed by atoms with E-state index in [1.807, 2.05) is 0 Å². The Labute approximate surface area is 182 Å². The van der Waals surface area contributed by atoms with E-state index in [1.54, 1.807) is 35.6 Å². The van der Waals surface area contributed by atoms with Gasteiger partial charge in [-0.15, -0.1) is 0 Å². The topological polar surface area (TPSA) is 114 Å². The Balaban J connectivity index is 1.46. The number of para-hydroxylation sites is 1. The van der Waals surface area contributed by atoms with Gasteiger partial charge in [0.2, 0.25) is 5.91 Å². The van der Waals surface area contributed by atoms with E-state index >= 15 is 0 Å². The number of nitrogens with zero attached hydrogens (tertiary/aromatic N) is 4. The molecule has 1 saturated heterocycles. The molecular formula is C20H22N6O2S2. The number of aromatic nitrogens is 3. The van der Waals surface area contributed by atoms with E-state index in [9.17, 15) is 9.59 Å². The van der Waals surface area contributed by atoms with Crippen LogP contribution in [0.4, 0.5) is 10.8 Å². The molecule has 0 saturated carbocycles. The number of benzene rings is 1. The van der Waals surface area contributed by atoms with Crippen molar-refractivity contribution in [3.8, 4) is 0 Å². The van der Waals surface area contributed by atoms with Gasteiger partial charge in [0, 0.05) is 13.1 Å². The highest BCUT2D eigenvalue weighted by Gasteiger charge is 2.21. The molecule has 0 aliphatic carbocycles. The van der Waals surface area contributed by atoms with Crippen molar-refractivity contribution in [2.45, 2.75) is 24.8 Å². The SMILES string of the molecule is CC1CCCN(c2nc3ncnc(SCC(=O)Nc4ccccc4C(N)=O)c3s2)C1. The van der Waals surface area contributed by atoms with E-state index in [-0.39, 0.29) is 17.2 Å². The number of piperidine rings is 1. The van der Waals surface area contributed by atoms with Crippen molar-refractivity contribution in [1.82, 2.24) is 15.0 Å². The molecule has 1 aromatic carbocycles. The number of hydrogen-bond acceptors (Lipinski definition) is 8. The lowest BCUT2D eigenvalue weighted by molar-refractivity contribution is -0.113. The molecule has 1 aliphatic rings. The normalized spacial score (nSPS) is 16.6. The van der Waals surface area contributed by atoms with Crippen LogP contribution in [-0.4, -0.2) is 45.6 Å². The fourth-order valence-corrected chi connectivity index (χ4v) is 5.38. The maximum absolute atomic E-state index is 12.4. The molecule has 156 valence electrons. The van der Waals surface area contributed by atoms with Crippen LogP contribution in [0.1, 0.15) is 30.1 Å². The van der Waals surface area contributed by atoms with Crippen molar-refractivity contribution in [1.29, 1.82) is 0 Å². The lowest BCUT2D eigenvalue weighted by atomic mass is 10.0. The molecule has 30 heavy (non-hydrogen) atoms. The van der Waals surface area contributed by atoms with E-state index < -0.39 is 5.91 Å². The van der Waals surface area contributed by atoms with Crippen LogP contribution in [0.3, 0.4) is 0 Å². The lowest BCUT2D eigenvalue weighted by Crippen LogP contribution is -2.34. The molecule has 0 bridgehead atoms. The molecule has 3 aromatic rings. The maximum Gasteiger partial charge on any atom is 0.250 e. The average molecular weight is 443 g/mol. The van der Waals surface area contributed by atoms with Gasteiger partial charge in [0.05, 0.1) is 17.0 Å². The van der Waals surface area contributed by atoms with E-state index in [1.165, 1.54) is 24.5 Å². The molecule has 2 amide bonds. The van der Waals surface area contributed by atoms with Crippen molar-refractivity contribution in [3.63, 3.8) is 0 Å². The summed E-state index contributed by atoms with van der Waals surface area (Å²) in [6, 6.07) is 6.68. The van der Waals surface area contributed by atoms with Crippen molar-refractivity contribution in [2.75, 3.05) is 29.1 Å². The first kappa shape index (κ1) is 20.5. The summed E-state index contributed by atoms with van der Waals surface area (Å²) in [7, 11) is 0. The van der Waals surface area contributed by atoms with Gasteiger partial charge in [-0.2, -0.15) is 4.98 Å². The standard InChI is InChI=1S/C20H22N6O2S2/c1-12-5-4-8-26(9-12)20-25-18-16(30-20)19(23-11-22-18)29-10-15(27)24-14-7-3-2-6-13(14)17(21)28/h2-3,6-7,11-12H,4-5,8-10H2,1H3,(H2,21,28)(H,24,27). The van der Waals surface area contributed by atoms with Crippen LogP contribution < -0.4 is 16.0 Å². The number of rotatable bonds is 6. The number of anilines is 2.